The molecule has 1 saturated heterocycles. The smallest absolute Gasteiger partial charge is 0.0642 e. The Morgan fingerprint density at radius 2 is 2.06 bits per heavy atom. The molecule has 1 fully saturated rings. The van der Waals surface area contributed by atoms with Crippen LogP contribution in [0.25, 0.3) is 0 Å². The molecule has 0 aromatic rings. The molecule has 0 aliphatic carbocycles. The van der Waals surface area contributed by atoms with Crippen LogP contribution in [-0.4, -0.2) is 37.9 Å². The van der Waals surface area contributed by atoms with Crippen molar-refractivity contribution in [2.45, 2.75) is 13.8 Å². The van der Waals surface area contributed by atoms with Gasteiger partial charge in [-0.3, -0.25) is 4.99 Å². The Hall–Kier alpha value is -1.35. The number of rotatable bonds is 5. The lowest BCUT2D eigenvalue weighted by atomic mass is 10.0. The maximum Gasteiger partial charge on any atom is 0.0642 e. The maximum atomic E-state index is 5.31. The minimum atomic E-state index is 0.502. The van der Waals surface area contributed by atoms with Crippen LogP contribution >= 0.6 is 0 Å². The molecular weight excluding hydrogens is 212 g/mol. The van der Waals surface area contributed by atoms with Gasteiger partial charge in [-0.25, -0.2) is 0 Å². The second-order valence-electron chi connectivity index (χ2n) is 4.31. The van der Waals surface area contributed by atoms with Crippen LogP contribution in [0.15, 0.2) is 41.2 Å². The molecule has 3 heteroatoms. The zero-order valence-electron chi connectivity index (χ0n) is 10.8. The van der Waals surface area contributed by atoms with E-state index in [4.69, 9.17) is 4.74 Å². The lowest BCUT2D eigenvalue weighted by Gasteiger charge is -2.25. The average molecular weight is 234 g/mol. The van der Waals surface area contributed by atoms with Crippen LogP contribution in [0.1, 0.15) is 13.8 Å². The largest absolute Gasteiger partial charge is 0.378 e. The fraction of sp³-hybridized carbons (Fsp3) is 0.500. The van der Waals surface area contributed by atoms with E-state index in [-0.39, 0.29) is 0 Å². The predicted octanol–water partition coefficient (Wildman–Crippen LogP) is 2.63. The van der Waals surface area contributed by atoms with Crippen molar-refractivity contribution in [1.82, 2.24) is 4.90 Å². The Kier molecular flexibility index (Phi) is 6.33. The van der Waals surface area contributed by atoms with Crippen molar-refractivity contribution in [1.29, 1.82) is 0 Å². The van der Waals surface area contributed by atoms with Gasteiger partial charge in [-0.05, 0) is 36.6 Å². The molecule has 0 N–H and O–H groups in total. The van der Waals surface area contributed by atoms with Gasteiger partial charge in [0.05, 0.1) is 13.2 Å². The van der Waals surface area contributed by atoms with Gasteiger partial charge in [0.25, 0.3) is 0 Å². The van der Waals surface area contributed by atoms with E-state index in [1.165, 1.54) is 5.57 Å². The van der Waals surface area contributed by atoms with Gasteiger partial charge < -0.3 is 9.64 Å². The first-order valence-electron chi connectivity index (χ1n) is 6.06. The molecule has 0 aromatic carbocycles. The highest BCUT2D eigenvalue weighted by Crippen LogP contribution is 2.12. The summed E-state index contributed by atoms with van der Waals surface area (Å²) in [5.74, 6) is 0.502. The number of hydrogen-bond donors (Lipinski definition) is 0. The van der Waals surface area contributed by atoms with Crippen LogP contribution < -0.4 is 0 Å². The SMILES string of the molecule is C=N\C=C/C=C(/C=C/N1CCOCC1)C(C)C. The highest BCUT2D eigenvalue weighted by Gasteiger charge is 2.05. The van der Waals surface area contributed by atoms with Gasteiger partial charge in [0.2, 0.25) is 0 Å². The summed E-state index contributed by atoms with van der Waals surface area (Å²) in [6, 6.07) is 0. The van der Waals surface area contributed by atoms with E-state index < -0.39 is 0 Å². The Morgan fingerprint density at radius 3 is 2.65 bits per heavy atom. The third kappa shape index (κ3) is 5.50. The predicted molar refractivity (Wildman–Crippen MR) is 73.1 cm³/mol. The molecule has 0 bridgehead atoms. The molecule has 3 nitrogen and oxygen atoms in total. The van der Waals surface area contributed by atoms with E-state index >= 15 is 0 Å². The summed E-state index contributed by atoms with van der Waals surface area (Å²) >= 11 is 0. The average Bonchev–Trinajstić information content (AvgIpc) is 2.34. The first kappa shape index (κ1) is 13.7. The summed E-state index contributed by atoms with van der Waals surface area (Å²) in [4.78, 5) is 5.98. The monoisotopic (exact) mass is 234 g/mol. The van der Waals surface area contributed by atoms with Crippen molar-refractivity contribution in [3.63, 3.8) is 0 Å². The van der Waals surface area contributed by atoms with E-state index in [2.05, 4.69) is 48.8 Å². The summed E-state index contributed by atoms with van der Waals surface area (Å²) in [5.41, 5.74) is 1.29. The Labute approximate surface area is 104 Å². The lowest BCUT2D eigenvalue weighted by Crippen LogP contribution is -2.32. The van der Waals surface area contributed by atoms with Crippen molar-refractivity contribution in [2.75, 3.05) is 26.3 Å². The summed E-state index contributed by atoms with van der Waals surface area (Å²) in [6.45, 7) is 11.4. The minimum absolute atomic E-state index is 0.502. The van der Waals surface area contributed by atoms with Gasteiger partial charge >= 0.3 is 0 Å². The normalized spacial score (nSPS) is 18.5. The van der Waals surface area contributed by atoms with E-state index in [1.807, 2.05) is 6.08 Å². The first-order chi connectivity index (χ1) is 8.24. The molecule has 0 amide bonds. The van der Waals surface area contributed by atoms with Crippen molar-refractivity contribution >= 4 is 6.72 Å². The van der Waals surface area contributed by atoms with Crippen molar-refractivity contribution in [3.05, 3.63) is 36.2 Å². The van der Waals surface area contributed by atoms with Crippen molar-refractivity contribution < 1.29 is 4.74 Å². The second-order valence-corrected chi connectivity index (χ2v) is 4.31. The molecule has 1 aliphatic rings. The van der Waals surface area contributed by atoms with Crippen LogP contribution in [-0.2, 0) is 4.74 Å². The zero-order valence-corrected chi connectivity index (χ0v) is 10.8. The number of morpholine rings is 1. The van der Waals surface area contributed by atoms with E-state index in [0.717, 1.165) is 26.3 Å². The van der Waals surface area contributed by atoms with Crippen LogP contribution in [0.5, 0.6) is 0 Å². The summed E-state index contributed by atoms with van der Waals surface area (Å²) in [7, 11) is 0. The molecule has 0 aromatic heterocycles. The second kappa shape index (κ2) is 7.85. The number of nitrogens with zero attached hydrogens (tertiary/aromatic N) is 2. The molecule has 0 spiro atoms. The summed E-state index contributed by atoms with van der Waals surface area (Å²) < 4.78 is 5.31. The quantitative estimate of drug-likeness (QED) is 0.539. The topological polar surface area (TPSA) is 24.8 Å². The molecule has 1 aliphatic heterocycles. The van der Waals surface area contributed by atoms with Gasteiger partial charge in [0.15, 0.2) is 0 Å². The van der Waals surface area contributed by atoms with Crippen LogP contribution in [0.3, 0.4) is 0 Å². The van der Waals surface area contributed by atoms with Gasteiger partial charge in [-0.15, -0.1) is 0 Å². The third-order valence-corrected chi connectivity index (χ3v) is 2.67. The van der Waals surface area contributed by atoms with E-state index in [0.29, 0.717) is 5.92 Å². The summed E-state index contributed by atoms with van der Waals surface area (Å²) in [6.07, 6.45) is 10.0. The molecular formula is C14H22N2O. The molecule has 94 valence electrons. The van der Waals surface area contributed by atoms with E-state index in [1.54, 1.807) is 6.20 Å². The molecule has 0 radical (unpaired) electrons. The lowest BCUT2D eigenvalue weighted by molar-refractivity contribution is 0.0593. The molecule has 17 heavy (non-hydrogen) atoms. The minimum Gasteiger partial charge on any atom is -0.378 e. The van der Waals surface area contributed by atoms with Crippen molar-refractivity contribution in [2.24, 2.45) is 10.9 Å². The number of ether oxygens (including phenoxy) is 1. The van der Waals surface area contributed by atoms with Gasteiger partial charge in [0, 0.05) is 19.3 Å². The molecule has 0 atom stereocenters. The highest BCUT2D eigenvalue weighted by molar-refractivity contribution is 5.28. The number of aliphatic imine (C=N–C) groups is 1. The zero-order chi connectivity index (χ0) is 12.5. The van der Waals surface area contributed by atoms with E-state index in [9.17, 15) is 0 Å². The molecule has 1 heterocycles. The number of allylic oxidation sites excluding steroid dienone is 4. The maximum absolute atomic E-state index is 5.31. The fourth-order valence-electron chi connectivity index (χ4n) is 1.57. The van der Waals surface area contributed by atoms with Crippen LogP contribution in [0.4, 0.5) is 0 Å². The first-order valence-corrected chi connectivity index (χ1v) is 6.06. The standard InChI is InChI=1S/C14H22N2O/c1-13(2)14(5-4-7-15-3)6-8-16-9-11-17-12-10-16/h4-8,13H,3,9-12H2,1-2H3/b7-4-,8-6+,14-5-. The molecule has 0 unspecified atom stereocenters. The van der Waals surface area contributed by atoms with Gasteiger partial charge in [-0.2, -0.15) is 0 Å². The van der Waals surface area contributed by atoms with Crippen LogP contribution in [0.2, 0.25) is 0 Å². The highest BCUT2D eigenvalue weighted by atomic mass is 16.5. The van der Waals surface area contributed by atoms with Gasteiger partial charge in [0.1, 0.15) is 0 Å². The molecule has 0 saturated carbocycles. The van der Waals surface area contributed by atoms with Crippen molar-refractivity contribution in [3.8, 4) is 0 Å². The Morgan fingerprint density at radius 1 is 1.35 bits per heavy atom. The van der Waals surface area contributed by atoms with Crippen LogP contribution in [0, 0.1) is 5.92 Å². The summed E-state index contributed by atoms with van der Waals surface area (Å²) in [5, 5.41) is 0. The molecule has 1 rings (SSSR count). The fourth-order valence-corrected chi connectivity index (χ4v) is 1.57. The number of hydrogen-bond acceptors (Lipinski definition) is 3. The third-order valence-electron chi connectivity index (χ3n) is 2.67. The Bertz CT molecular complexity index is 310. The van der Waals surface area contributed by atoms with Gasteiger partial charge in [-0.1, -0.05) is 19.9 Å². The Balaban J connectivity index is 2.58.